The van der Waals surface area contributed by atoms with E-state index in [0.717, 1.165) is 0 Å². The summed E-state index contributed by atoms with van der Waals surface area (Å²) >= 11 is 0. The molecule has 0 unspecified atom stereocenters. The summed E-state index contributed by atoms with van der Waals surface area (Å²) in [5.41, 5.74) is 6.48. The number of carbonyl (C=O) groups is 3. The molecule has 0 saturated carbocycles. The molecule has 1 aromatic rings. The molecule has 25 heavy (non-hydrogen) atoms. The Bertz CT molecular complexity index is 644. The Balaban J connectivity index is 2.80. The SMILES string of the molecule is COc1ccc(C(=O)N(C)C)cc1NC(=O)CNC(=O)[C@@H](N)C(C)C. The van der Waals surface area contributed by atoms with Crippen molar-refractivity contribution in [2.75, 3.05) is 33.1 Å². The molecule has 0 bridgehead atoms. The van der Waals surface area contributed by atoms with Gasteiger partial charge in [-0.2, -0.15) is 0 Å². The minimum atomic E-state index is -0.677. The van der Waals surface area contributed by atoms with Gasteiger partial charge in [0, 0.05) is 19.7 Å². The van der Waals surface area contributed by atoms with Gasteiger partial charge in [-0.3, -0.25) is 14.4 Å². The zero-order chi connectivity index (χ0) is 19.1. The van der Waals surface area contributed by atoms with E-state index in [9.17, 15) is 14.4 Å². The number of anilines is 1. The number of rotatable bonds is 7. The summed E-state index contributed by atoms with van der Waals surface area (Å²) in [5.74, 6) is -0.661. The van der Waals surface area contributed by atoms with Crippen LogP contribution in [0.3, 0.4) is 0 Å². The summed E-state index contributed by atoms with van der Waals surface area (Å²) in [6, 6.07) is 4.06. The van der Waals surface area contributed by atoms with Gasteiger partial charge in [-0.25, -0.2) is 0 Å². The highest BCUT2D eigenvalue weighted by molar-refractivity contribution is 5.99. The molecule has 0 spiro atoms. The maximum atomic E-state index is 12.1. The van der Waals surface area contributed by atoms with Crippen molar-refractivity contribution >= 4 is 23.4 Å². The van der Waals surface area contributed by atoms with Crippen LogP contribution in [0.2, 0.25) is 0 Å². The first-order chi connectivity index (χ1) is 11.7. The van der Waals surface area contributed by atoms with Gasteiger partial charge in [0.25, 0.3) is 5.91 Å². The van der Waals surface area contributed by atoms with Gasteiger partial charge in [0.05, 0.1) is 25.4 Å². The fourth-order valence-corrected chi connectivity index (χ4v) is 1.98. The molecule has 3 amide bonds. The number of nitrogens with zero attached hydrogens (tertiary/aromatic N) is 1. The number of benzene rings is 1. The Morgan fingerprint density at radius 1 is 1.24 bits per heavy atom. The normalized spacial score (nSPS) is 11.6. The molecule has 8 nitrogen and oxygen atoms in total. The number of carbonyl (C=O) groups excluding carboxylic acids is 3. The molecular weight excluding hydrogens is 324 g/mol. The number of hydrogen-bond donors (Lipinski definition) is 3. The Labute approximate surface area is 147 Å². The summed E-state index contributed by atoms with van der Waals surface area (Å²) in [7, 11) is 4.73. The van der Waals surface area contributed by atoms with Crippen LogP contribution < -0.4 is 21.1 Å². The summed E-state index contributed by atoms with van der Waals surface area (Å²) in [4.78, 5) is 37.3. The van der Waals surface area contributed by atoms with Crippen molar-refractivity contribution in [2.45, 2.75) is 19.9 Å². The van der Waals surface area contributed by atoms with Gasteiger partial charge < -0.3 is 26.0 Å². The van der Waals surface area contributed by atoms with Crippen LogP contribution in [-0.2, 0) is 9.59 Å². The van der Waals surface area contributed by atoms with Crippen molar-refractivity contribution in [3.8, 4) is 5.75 Å². The van der Waals surface area contributed by atoms with E-state index in [1.54, 1.807) is 26.2 Å². The Kier molecular flexibility index (Phi) is 7.38. The second kappa shape index (κ2) is 9.03. The fraction of sp³-hybridized carbons (Fsp3) is 0.471. The molecule has 0 heterocycles. The third-order valence-corrected chi connectivity index (χ3v) is 3.57. The van der Waals surface area contributed by atoms with E-state index in [2.05, 4.69) is 10.6 Å². The highest BCUT2D eigenvalue weighted by Gasteiger charge is 2.18. The van der Waals surface area contributed by atoms with E-state index >= 15 is 0 Å². The van der Waals surface area contributed by atoms with Gasteiger partial charge in [-0.15, -0.1) is 0 Å². The molecular formula is C17H26N4O4. The van der Waals surface area contributed by atoms with E-state index in [0.29, 0.717) is 17.0 Å². The largest absolute Gasteiger partial charge is 0.495 e. The van der Waals surface area contributed by atoms with Crippen molar-refractivity contribution in [3.05, 3.63) is 23.8 Å². The van der Waals surface area contributed by atoms with Crippen molar-refractivity contribution in [3.63, 3.8) is 0 Å². The first-order valence-corrected chi connectivity index (χ1v) is 7.90. The zero-order valence-electron chi connectivity index (χ0n) is 15.3. The van der Waals surface area contributed by atoms with Crippen LogP contribution in [0.15, 0.2) is 18.2 Å². The van der Waals surface area contributed by atoms with Gasteiger partial charge in [0.15, 0.2) is 0 Å². The molecule has 1 atom stereocenters. The minimum absolute atomic E-state index is 0.0307. The molecule has 0 aromatic heterocycles. The summed E-state index contributed by atoms with van der Waals surface area (Å²) in [6.45, 7) is 3.42. The lowest BCUT2D eigenvalue weighted by Crippen LogP contribution is -2.46. The van der Waals surface area contributed by atoms with Crippen molar-refractivity contribution in [1.29, 1.82) is 0 Å². The van der Waals surface area contributed by atoms with Crippen LogP contribution in [0, 0.1) is 5.92 Å². The van der Waals surface area contributed by atoms with E-state index in [1.807, 2.05) is 13.8 Å². The Morgan fingerprint density at radius 3 is 2.40 bits per heavy atom. The number of nitrogens with two attached hydrogens (primary N) is 1. The van der Waals surface area contributed by atoms with Crippen molar-refractivity contribution in [2.24, 2.45) is 11.7 Å². The molecule has 4 N–H and O–H groups in total. The number of nitrogens with one attached hydrogen (secondary N) is 2. The predicted molar refractivity (Wildman–Crippen MR) is 95.5 cm³/mol. The molecule has 0 aliphatic carbocycles. The smallest absolute Gasteiger partial charge is 0.253 e. The number of ether oxygens (including phenoxy) is 1. The topological polar surface area (TPSA) is 114 Å². The molecule has 1 rings (SSSR count). The van der Waals surface area contributed by atoms with Crippen LogP contribution in [0.25, 0.3) is 0 Å². The monoisotopic (exact) mass is 350 g/mol. The third-order valence-electron chi connectivity index (χ3n) is 3.57. The maximum absolute atomic E-state index is 12.1. The van der Waals surface area contributed by atoms with Gasteiger partial charge in [-0.1, -0.05) is 13.8 Å². The lowest BCUT2D eigenvalue weighted by Gasteiger charge is -2.16. The van der Waals surface area contributed by atoms with Gasteiger partial charge in [-0.05, 0) is 24.1 Å². The average Bonchev–Trinajstić information content (AvgIpc) is 2.57. The average molecular weight is 350 g/mol. The summed E-state index contributed by atoms with van der Waals surface area (Å²) in [5, 5.41) is 5.11. The number of amides is 3. The van der Waals surface area contributed by atoms with Crippen LogP contribution >= 0.6 is 0 Å². The highest BCUT2D eigenvalue weighted by Crippen LogP contribution is 2.25. The first-order valence-electron chi connectivity index (χ1n) is 7.90. The molecule has 0 aliphatic rings. The Hall–Kier alpha value is -2.61. The van der Waals surface area contributed by atoms with Crippen LogP contribution in [0.5, 0.6) is 5.75 Å². The molecule has 0 aliphatic heterocycles. The van der Waals surface area contributed by atoms with Crippen LogP contribution in [0.4, 0.5) is 5.69 Å². The lowest BCUT2D eigenvalue weighted by molar-refractivity contribution is -0.125. The fourth-order valence-electron chi connectivity index (χ4n) is 1.98. The Morgan fingerprint density at radius 2 is 1.88 bits per heavy atom. The summed E-state index contributed by atoms with van der Waals surface area (Å²) in [6.07, 6.45) is 0. The highest BCUT2D eigenvalue weighted by atomic mass is 16.5. The van der Waals surface area contributed by atoms with Crippen molar-refractivity contribution in [1.82, 2.24) is 10.2 Å². The number of methoxy groups -OCH3 is 1. The molecule has 138 valence electrons. The minimum Gasteiger partial charge on any atom is -0.495 e. The molecule has 0 fully saturated rings. The van der Waals surface area contributed by atoms with E-state index in [-0.39, 0.29) is 18.4 Å². The second-order valence-electron chi connectivity index (χ2n) is 6.15. The summed E-state index contributed by atoms with van der Waals surface area (Å²) < 4.78 is 5.19. The lowest BCUT2D eigenvalue weighted by atomic mass is 10.1. The predicted octanol–water partition coefficient (Wildman–Crippen LogP) is 0.435. The van der Waals surface area contributed by atoms with E-state index < -0.39 is 17.9 Å². The molecule has 0 saturated heterocycles. The van der Waals surface area contributed by atoms with E-state index in [4.69, 9.17) is 10.5 Å². The van der Waals surface area contributed by atoms with Gasteiger partial charge in [0.1, 0.15) is 5.75 Å². The number of hydrogen-bond acceptors (Lipinski definition) is 5. The van der Waals surface area contributed by atoms with Crippen LogP contribution in [0.1, 0.15) is 24.2 Å². The second-order valence-corrected chi connectivity index (χ2v) is 6.15. The van der Waals surface area contributed by atoms with Crippen LogP contribution in [-0.4, -0.2) is 56.4 Å². The third kappa shape index (κ3) is 5.75. The van der Waals surface area contributed by atoms with Gasteiger partial charge >= 0.3 is 0 Å². The first kappa shape index (κ1) is 20.4. The van der Waals surface area contributed by atoms with Crippen molar-refractivity contribution < 1.29 is 19.1 Å². The molecule has 8 heteroatoms. The molecule has 0 radical (unpaired) electrons. The van der Waals surface area contributed by atoms with Gasteiger partial charge in [0.2, 0.25) is 11.8 Å². The van der Waals surface area contributed by atoms with E-state index in [1.165, 1.54) is 18.1 Å². The zero-order valence-corrected chi connectivity index (χ0v) is 15.3. The quantitative estimate of drug-likeness (QED) is 0.660. The standard InChI is InChI=1S/C17H26N4O4/c1-10(2)15(18)16(23)19-9-14(22)20-12-8-11(17(24)21(3)4)6-7-13(12)25-5/h6-8,10,15H,9,18H2,1-5H3,(H,19,23)(H,20,22)/t15-/m0/s1. The molecule has 1 aromatic carbocycles. The maximum Gasteiger partial charge on any atom is 0.253 e.